The van der Waals surface area contributed by atoms with Gasteiger partial charge in [0, 0.05) is 18.8 Å². The number of carbonyl (C=O) groups excluding carboxylic acids is 1. The Morgan fingerprint density at radius 1 is 0.919 bits per heavy atom. The van der Waals surface area contributed by atoms with Crippen LogP contribution in [0.2, 0.25) is 5.02 Å². The minimum atomic E-state index is -4.13. The molecule has 1 heterocycles. The molecule has 1 aliphatic heterocycles. The summed E-state index contributed by atoms with van der Waals surface area (Å²) in [6.45, 7) is 2.50. The van der Waals surface area contributed by atoms with E-state index < -0.39 is 32.5 Å². The maximum absolute atomic E-state index is 13.5. The summed E-state index contributed by atoms with van der Waals surface area (Å²) < 4.78 is 60.1. The number of anilines is 2. The van der Waals surface area contributed by atoms with Gasteiger partial charge >= 0.3 is 0 Å². The van der Waals surface area contributed by atoms with Crippen LogP contribution in [0.5, 0.6) is 0 Å². The second kappa shape index (κ2) is 11.2. The lowest BCUT2D eigenvalue weighted by Gasteiger charge is -2.26. The van der Waals surface area contributed by atoms with Crippen LogP contribution < -0.4 is 9.62 Å². The van der Waals surface area contributed by atoms with E-state index in [1.807, 2.05) is 6.92 Å². The van der Waals surface area contributed by atoms with Gasteiger partial charge in [0.1, 0.15) is 6.54 Å². The summed E-state index contributed by atoms with van der Waals surface area (Å²) in [5, 5.41) is 2.81. The van der Waals surface area contributed by atoms with Gasteiger partial charge in [-0.05, 0) is 55.5 Å². The van der Waals surface area contributed by atoms with E-state index in [1.54, 1.807) is 30.3 Å². The molecule has 1 fully saturated rings. The quantitative estimate of drug-likeness (QED) is 0.449. The Morgan fingerprint density at radius 3 is 2.14 bits per heavy atom. The molecule has 3 aromatic rings. The van der Waals surface area contributed by atoms with E-state index in [2.05, 4.69) is 5.32 Å². The first-order chi connectivity index (χ1) is 17.6. The zero-order valence-corrected chi connectivity index (χ0v) is 22.4. The molecule has 0 radical (unpaired) electrons. The summed E-state index contributed by atoms with van der Waals surface area (Å²) in [5.41, 5.74) is 1.37. The van der Waals surface area contributed by atoms with Crippen LogP contribution in [0.25, 0.3) is 0 Å². The van der Waals surface area contributed by atoms with Crippen molar-refractivity contribution < 1.29 is 26.4 Å². The second-order valence-electron chi connectivity index (χ2n) is 8.37. The summed E-state index contributed by atoms with van der Waals surface area (Å²) in [7, 11) is -7.81. The Labute approximate surface area is 221 Å². The van der Waals surface area contributed by atoms with Gasteiger partial charge in [-0.15, -0.1) is 0 Å². The normalized spacial score (nSPS) is 14.8. The monoisotopic (exact) mass is 563 g/mol. The molecule has 196 valence electrons. The van der Waals surface area contributed by atoms with Gasteiger partial charge in [-0.2, -0.15) is 4.31 Å². The van der Waals surface area contributed by atoms with Crippen LogP contribution >= 0.6 is 11.6 Å². The number of morpholine rings is 1. The van der Waals surface area contributed by atoms with E-state index in [0.717, 1.165) is 9.87 Å². The summed E-state index contributed by atoms with van der Waals surface area (Å²) in [4.78, 5) is 13.1. The Kier molecular flexibility index (Phi) is 8.20. The average Bonchev–Trinajstić information content (AvgIpc) is 2.89. The van der Waals surface area contributed by atoms with Gasteiger partial charge < -0.3 is 10.1 Å². The number of carbonyl (C=O) groups is 1. The molecule has 0 unspecified atom stereocenters. The lowest BCUT2D eigenvalue weighted by molar-refractivity contribution is -0.114. The van der Waals surface area contributed by atoms with Gasteiger partial charge in [-0.3, -0.25) is 9.10 Å². The van der Waals surface area contributed by atoms with Gasteiger partial charge in [-0.25, -0.2) is 16.8 Å². The van der Waals surface area contributed by atoms with E-state index in [0.29, 0.717) is 18.9 Å². The standard InChI is InChI=1S/C25H26ClN3O6S2/c1-19-6-10-22(11-7-19)37(33,34)29(24-5-3-2-4-23(24)26)18-25(30)27-20-8-12-21(13-9-20)36(31,32)28-14-16-35-17-15-28/h2-13H,14-18H2,1H3,(H,27,30). The van der Waals surface area contributed by atoms with Crippen LogP contribution in [0.3, 0.4) is 0 Å². The molecule has 4 rings (SSSR count). The highest BCUT2D eigenvalue weighted by Gasteiger charge is 2.29. The second-order valence-corrected chi connectivity index (χ2v) is 12.6. The van der Waals surface area contributed by atoms with Crippen molar-refractivity contribution in [3.05, 3.63) is 83.4 Å². The highest BCUT2D eigenvalue weighted by Crippen LogP contribution is 2.30. The van der Waals surface area contributed by atoms with Gasteiger partial charge in [0.15, 0.2) is 0 Å². The maximum atomic E-state index is 13.5. The number of sulfonamides is 2. The van der Waals surface area contributed by atoms with Crippen LogP contribution in [-0.2, 0) is 29.6 Å². The van der Waals surface area contributed by atoms with Crippen molar-refractivity contribution in [2.24, 2.45) is 0 Å². The SMILES string of the molecule is Cc1ccc(S(=O)(=O)N(CC(=O)Nc2ccc(S(=O)(=O)N3CCOCC3)cc2)c2ccccc2Cl)cc1. The van der Waals surface area contributed by atoms with Crippen molar-refractivity contribution in [1.29, 1.82) is 0 Å². The fraction of sp³-hybridized carbons (Fsp3) is 0.240. The molecule has 0 atom stereocenters. The van der Waals surface area contributed by atoms with Crippen LogP contribution in [0, 0.1) is 6.92 Å². The highest BCUT2D eigenvalue weighted by atomic mass is 35.5. The molecule has 1 N–H and O–H groups in total. The maximum Gasteiger partial charge on any atom is 0.264 e. The summed E-state index contributed by atoms with van der Waals surface area (Å²) in [5.74, 6) is -0.626. The van der Waals surface area contributed by atoms with Gasteiger partial charge in [0.25, 0.3) is 10.0 Å². The molecule has 1 amide bonds. The van der Waals surface area contributed by atoms with Gasteiger partial charge in [-0.1, -0.05) is 41.4 Å². The molecule has 0 saturated carbocycles. The van der Waals surface area contributed by atoms with Crippen molar-refractivity contribution >= 4 is 48.9 Å². The lowest BCUT2D eigenvalue weighted by atomic mass is 10.2. The highest BCUT2D eigenvalue weighted by molar-refractivity contribution is 7.93. The molecule has 1 saturated heterocycles. The number of aryl methyl sites for hydroxylation is 1. The topological polar surface area (TPSA) is 113 Å². The first kappa shape index (κ1) is 27.1. The van der Waals surface area contributed by atoms with E-state index in [4.69, 9.17) is 16.3 Å². The number of hydrogen-bond donors (Lipinski definition) is 1. The number of amides is 1. The average molecular weight is 564 g/mol. The number of nitrogens with one attached hydrogen (secondary N) is 1. The van der Waals surface area contributed by atoms with E-state index >= 15 is 0 Å². The molecule has 0 aliphatic carbocycles. The third kappa shape index (κ3) is 6.13. The minimum Gasteiger partial charge on any atom is -0.379 e. The molecular formula is C25H26ClN3O6S2. The largest absolute Gasteiger partial charge is 0.379 e. The van der Waals surface area contributed by atoms with Crippen LogP contribution in [0.4, 0.5) is 11.4 Å². The minimum absolute atomic E-state index is 0.0171. The van der Waals surface area contributed by atoms with E-state index in [9.17, 15) is 21.6 Å². The molecule has 37 heavy (non-hydrogen) atoms. The predicted octanol–water partition coefficient (Wildman–Crippen LogP) is 3.50. The fourth-order valence-corrected chi connectivity index (χ4v) is 6.90. The summed E-state index contributed by atoms with van der Waals surface area (Å²) >= 11 is 6.30. The van der Waals surface area contributed by atoms with Crippen molar-refractivity contribution in [2.75, 3.05) is 42.5 Å². The van der Waals surface area contributed by atoms with E-state index in [1.165, 1.54) is 46.8 Å². The Morgan fingerprint density at radius 2 is 1.51 bits per heavy atom. The molecule has 0 aromatic heterocycles. The smallest absolute Gasteiger partial charge is 0.264 e. The van der Waals surface area contributed by atoms with Crippen LogP contribution in [0.15, 0.2) is 82.6 Å². The molecule has 12 heteroatoms. The Hall–Kier alpha value is -2.96. The number of benzene rings is 3. The Balaban J connectivity index is 1.55. The molecule has 3 aromatic carbocycles. The molecular weight excluding hydrogens is 538 g/mol. The molecule has 0 spiro atoms. The predicted molar refractivity (Wildman–Crippen MR) is 142 cm³/mol. The number of rotatable bonds is 8. The first-order valence-corrected chi connectivity index (χ1v) is 14.7. The number of halogens is 1. The number of hydrogen-bond acceptors (Lipinski definition) is 6. The number of para-hydroxylation sites is 1. The summed E-state index contributed by atoms with van der Waals surface area (Å²) in [6, 6.07) is 18.4. The van der Waals surface area contributed by atoms with Crippen LogP contribution in [-0.4, -0.2) is 59.9 Å². The third-order valence-corrected chi connectivity index (χ3v) is 9.77. The van der Waals surface area contributed by atoms with Crippen molar-refractivity contribution in [2.45, 2.75) is 16.7 Å². The molecule has 0 bridgehead atoms. The zero-order chi connectivity index (χ0) is 26.6. The van der Waals surface area contributed by atoms with Gasteiger partial charge in [0.2, 0.25) is 15.9 Å². The molecule has 1 aliphatic rings. The number of ether oxygens (including phenoxy) is 1. The molecule has 9 nitrogen and oxygen atoms in total. The Bertz CT molecular complexity index is 1470. The van der Waals surface area contributed by atoms with Gasteiger partial charge in [0.05, 0.1) is 33.7 Å². The number of nitrogens with zero attached hydrogens (tertiary/aromatic N) is 2. The summed E-state index contributed by atoms with van der Waals surface area (Å²) in [6.07, 6.45) is 0. The lowest BCUT2D eigenvalue weighted by Crippen LogP contribution is -2.40. The van der Waals surface area contributed by atoms with Crippen molar-refractivity contribution in [3.63, 3.8) is 0 Å². The zero-order valence-electron chi connectivity index (χ0n) is 20.0. The third-order valence-electron chi connectivity index (χ3n) is 5.76. The van der Waals surface area contributed by atoms with Crippen molar-refractivity contribution in [1.82, 2.24) is 4.31 Å². The van der Waals surface area contributed by atoms with Crippen LogP contribution in [0.1, 0.15) is 5.56 Å². The fourth-order valence-electron chi connectivity index (χ4n) is 3.77. The van der Waals surface area contributed by atoms with Crippen molar-refractivity contribution in [3.8, 4) is 0 Å². The van der Waals surface area contributed by atoms with E-state index in [-0.39, 0.29) is 33.6 Å². The first-order valence-electron chi connectivity index (χ1n) is 11.4.